The lowest BCUT2D eigenvalue weighted by atomic mass is 9.82. The van der Waals surface area contributed by atoms with Crippen molar-refractivity contribution in [3.63, 3.8) is 0 Å². The number of nitrogens with zero attached hydrogens (tertiary/aromatic N) is 1. The number of hydrogen-bond donors (Lipinski definition) is 2. The zero-order valence-electron chi connectivity index (χ0n) is 21.7. The molecule has 0 saturated carbocycles. The number of ether oxygens (including phenoxy) is 2. The van der Waals surface area contributed by atoms with Crippen LogP contribution in [0.25, 0.3) is 28.5 Å². The summed E-state index contributed by atoms with van der Waals surface area (Å²) in [6, 6.07) is 13.0. The number of benzene rings is 3. The van der Waals surface area contributed by atoms with Gasteiger partial charge in [-0.25, -0.2) is 0 Å². The van der Waals surface area contributed by atoms with Gasteiger partial charge in [0.1, 0.15) is 11.5 Å². The fourth-order valence-corrected chi connectivity index (χ4v) is 5.56. The fraction of sp³-hybridized carbons (Fsp3) is 0.233. The number of amides is 1. The van der Waals surface area contributed by atoms with Gasteiger partial charge in [-0.3, -0.25) is 4.79 Å². The lowest BCUT2D eigenvalue weighted by Crippen LogP contribution is -2.32. The second kappa shape index (κ2) is 8.99. The van der Waals surface area contributed by atoms with Crippen LogP contribution in [0.5, 0.6) is 17.2 Å². The van der Waals surface area contributed by atoms with Gasteiger partial charge in [-0.1, -0.05) is 28.1 Å². The number of aromatic hydroxyl groups is 1. The van der Waals surface area contributed by atoms with E-state index in [1.165, 1.54) is 7.11 Å². The Morgan fingerprint density at radius 2 is 1.86 bits per heavy atom. The van der Waals surface area contributed by atoms with Crippen LogP contribution in [-0.4, -0.2) is 42.7 Å². The lowest BCUT2D eigenvalue weighted by Gasteiger charge is -2.35. The summed E-state index contributed by atoms with van der Waals surface area (Å²) in [5, 5.41) is 14.2. The molecular formula is C30H29BrN2O4. The number of carbonyl (C=O) groups is 1. The SMILES string of the molecule is COc1c(O)ccc2c1-c1ccc3c(c1/C(=C/c1cc(Br)ccc1C(=O)N(C)C)O2)C(C)=CC(C)(C)N3. The molecule has 5 rings (SSSR count). The highest BCUT2D eigenvalue weighted by Gasteiger charge is 2.33. The lowest BCUT2D eigenvalue weighted by molar-refractivity contribution is 0.0827. The number of phenolic OH excluding ortho intramolecular Hbond substituents is 1. The van der Waals surface area contributed by atoms with Crippen LogP contribution >= 0.6 is 15.9 Å². The summed E-state index contributed by atoms with van der Waals surface area (Å²) in [7, 11) is 5.01. The third-order valence-corrected chi connectivity index (χ3v) is 7.10. The van der Waals surface area contributed by atoms with Gasteiger partial charge in [0.25, 0.3) is 5.91 Å². The Morgan fingerprint density at radius 1 is 1.11 bits per heavy atom. The van der Waals surface area contributed by atoms with Crippen molar-refractivity contribution in [1.82, 2.24) is 4.90 Å². The second-order valence-corrected chi connectivity index (χ2v) is 11.0. The van der Waals surface area contributed by atoms with E-state index in [1.54, 1.807) is 31.1 Å². The standard InChI is InChI=1S/C30H29BrN2O4/c1-16-15-30(2,3)32-21-10-9-20-26(25(16)21)24(37-23-12-11-22(34)28(36-6)27(20)23)14-17-13-18(31)7-8-19(17)29(35)33(4)5/h7-15,32,34H,1-6H3/b24-14-. The number of halogens is 1. The van der Waals surface area contributed by atoms with Gasteiger partial charge in [0.2, 0.25) is 0 Å². The van der Waals surface area contributed by atoms with E-state index in [0.717, 1.165) is 38.0 Å². The maximum Gasteiger partial charge on any atom is 0.253 e. The van der Waals surface area contributed by atoms with Crippen LogP contribution in [0.3, 0.4) is 0 Å². The zero-order valence-corrected chi connectivity index (χ0v) is 23.3. The van der Waals surface area contributed by atoms with Gasteiger partial charge in [-0.2, -0.15) is 0 Å². The highest BCUT2D eigenvalue weighted by atomic mass is 79.9. The van der Waals surface area contributed by atoms with E-state index in [0.29, 0.717) is 28.4 Å². The molecule has 1 amide bonds. The Bertz CT molecular complexity index is 1520. The van der Waals surface area contributed by atoms with E-state index < -0.39 is 0 Å². The summed E-state index contributed by atoms with van der Waals surface area (Å²) in [6.07, 6.45) is 4.11. The van der Waals surface area contributed by atoms with Crippen LogP contribution in [0.15, 0.2) is 53.0 Å². The van der Waals surface area contributed by atoms with Crippen LogP contribution in [-0.2, 0) is 0 Å². The molecule has 0 saturated heterocycles. The second-order valence-electron chi connectivity index (χ2n) is 10.1. The largest absolute Gasteiger partial charge is 0.504 e. The van der Waals surface area contributed by atoms with Crippen molar-refractivity contribution in [1.29, 1.82) is 0 Å². The van der Waals surface area contributed by atoms with Crippen LogP contribution in [0.2, 0.25) is 0 Å². The molecule has 37 heavy (non-hydrogen) atoms. The smallest absolute Gasteiger partial charge is 0.253 e. The number of phenols is 1. The van der Waals surface area contributed by atoms with Crippen molar-refractivity contribution in [2.45, 2.75) is 26.3 Å². The van der Waals surface area contributed by atoms with E-state index in [-0.39, 0.29) is 17.2 Å². The molecule has 2 aliphatic heterocycles. The molecule has 0 radical (unpaired) electrons. The average molecular weight is 561 g/mol. The summed E-state index contributed by atoms with van der Waals surface area (Å²) in [5.74, 6) is 1.46. The first kappa shape index (κ1) is 25.0. The maximum atomic E-state index is 13.0. The predicted octanol–water partition coefficient (Wildman–Crippen LogP) is 7.03. The summed E-state index contributed by atoms with van der Waals surface area (Å²) >= 11 is 3.56. The molecule has 190 valence electrons. The van der Waals surface area contributed by atoms with Gasteiger partial charge >= 0.3 is 0 Å². The van der Waals surface area contributed by atoms with Crippen molar-refractivity contribution >= 4 is 44.9 Å². The van der Waals surface area contributed by atoms with E-state index in [1.807, 2.05) is 30.3 Å². The first-order valence-corrected chi connectivity index (χ1v) is 12.8. The third kappa shape index (κ3) is 4.27. The summed E-state index contributed by atoms with van der Waals surface area (Å²) < 4.78 is 13.0. The van der Waals surface area contributed by atoms with Gasteiger partial charge < -0.3 is 24.8 Å². The average Bonchev–Trinajstić information content (AvgIpc) is 2.82. The fourth-order valence-electron chi connectivity index (χ4n) is 5.18. The van der Waals surface area contributed by atoms with Crippen molar-refractivity contribution in [3.05, 3.63) is 75.3 Å². The number of nitrogens with one attached hydrogen (secondary N) is 1. The number of fused-ring (bicyclic) bond motifs is 5. The third-order valence-electron chi connectivity index (χ3n) is 6.61. The van der Waals surface area contributed by atoms with E-state index in [9.17, 15) is 9.90 Å². The van der Waals surface area contributed by atoms with Gasteiger partial charge in [-0.05, 0) is 74.4 Å². The molecule has 2 aliphatic rings. The minimum Gasteiger partial charge on any atom is -0.504 e. The van der Waals surface area contributed by atoms with E-state index in [4.69, 9.17) is 9.47 Å². The van der Waals surface area contributed by atoms with Crippen molar-refractivity contribution in [2.24, 2.45) is 0 Å². The van der Waals surface area contributed by atoms with Gasteiger partial charge in [-0.15, -0.1) is 0 Å². The molecular weight excluding hydrogens is 532 g/mol. The van der Waals surface area contributed by atoms with Gasteiger partial charge in [0.05, 0.1) is 18.2 Å². The van der Waals surface area contributed by atoms with E-state index in [2.05, 4.69) is 54.2 Å². The Labute approximate surface area is 225 Å². The summed E-state index contributed by atoms with van der Waals surface area (Å²) in [4.78, 5) is 14.6. The Hall–Kier alpha value is -3.71. The first-order valence-electron chi connectivity index (χ1n) is 12.0. The molecule has 0 bridgehead atoms. The number of allylic oxidation sites excluding steroid dienone is 1. The number of hydrogen-bond acceptors (Lipinski definition) is 5. The number of anilines is 1. The molecule has 3 aromatic carbocycles. The molecule has 2 N–H and O–H groups in total. The molecule has 2 heterocycles. The highest BCUT2D eigenvalue weighted by molar-refractivity contribution is 9.10. The normalized spacial score (nSPS) is 16.0. The first-order chi connectivity index (χ1) is 17.5. The molecule has 3 aromatic rings. The molecule has 0 atom stereocenters. The Kier molecular flexibility index (Phi) is 6.07. The summed E-state index contributed by atoms with van der Waals surface area (Å²) in [6.45, 7) is 6.35. The molecule has 0 fully saturated rings. The summed E-state index contributed by atoms with van der Waals surface area (Å²) in [5.41, 5.74) is 6.61. The molecule has 7 heteroatoms. The van der Waals surface area contributed by atoms with Crippen LogP contribution in [0, 0.1) is 0 Å². The van der Waals surface area contributed by atoms with Crippen LogP contribution in [0.4, 0.5) is 5.69 Å². The van der Waals surface area contributed by atoms with Gasteiger partial charge in [0, 0.05) is 46.5 Å². The topological polar surface area (TPSA) is 71.0 Å². The molecule has 6 nitrogen and oxygen atoms in total. The molecule has 0 aliphatic carbocycles. The molecule has 0 unspecified atom stereocenters. The number of methoxy groups -OCH3 is 1. The molecule has 0 aromatic heterocycles. The van der Waals surface area contributed by atoms with Crippen LogP contribution in [0.1, 0.15) is 47.8 Å². The minimum atomic E-state index is -0.214. The quantitative estimate of drug-likeness (QED) is 0.359. The van der Waals surface area contributed by atoms with Crippen molar-refractivity contribution in [2.75, 3.05) is 26.5 Å². The van der Waals surface area contributed by atoms with Crippen molar-refractivity contribution in [3.8, 4) is 28.4 Å². The highest BCUT2D eigenvalue weighted by Crippen LogP contribution is 2.54. The maximum absolute atomic E-state index is 13.0. The Morgan fingerprint density at radius 3 is 2.57 bits per heavy atom. The van der Waals surface area contributed by atoms with E-state index >= 15 is 0 Å². The predicted molar refractivity (Wildman–Crippen MR) is 152 cm³/mol. The zero-order chi connectivity index (χ0) is 26.6. The van der Waals surface area contributed by atoms with Gasteiger partial charge in [0.15, 0.2) is 11.5 Å². The monoisotopic (exact) mass is 560 g/mol. The number of carbonyl (C=O) groups excluding carboxylic acids is 1. The minimum absolute atomic E-state index is 0.0401. The van der Waals surface area contributed by atoms with Crippen molar-refractivity contribution < 1.29 is 19.4 Å². The molecule has 0 spiro atoms. The van der Waals surface area contributed by atoms with Crippen LogP contribution < -0.4 is 14.8 Å². The Balaban J connectivity index is 1.84. The number of rotatable bonds is 3.